The first-order valence-electron chi connectivity index (χ1n) is 7.89. The molecule has 0 bridgehead atoms. The topological polar surface area (TPSA) is 79.5 Å². The van der Waals surface area contributed by atoms with Crippen LogP contribution in [0.4, 0.5) is 8.78 Å². The van der Waals surface area contributed by atoms with Crippen LogP contribution in [0.25, 0.3) is 0 Å². The molecule has 1 aliphatic carbocycles. The van der Waals surface area contributed by atoms with E-state index >= 15 is 0 Å². The molecule has 0 atom stereocenters. The van der Waals surface area contributed by atoms with Gasteiger partial charge in [-0.15, -0.1) is 0 Å². The van der Waals surface area contributed by atoms with Crippen LogP contribution in [0.2, 0.25) is 0 Å². The van der Waals surface area contributed by atoms with Gasteiger partial charge in [0.15, 0.2) is 0 Å². The molecule has 1 aliphatic rings. The van der Waals surface area contributed by atoms with E-state index < -0.39 is 35.5 Å². The first kappa shape index (κ1) is 17.1. The molecule has 1 saturated carbocycles. The number of rotatable bonds is 5. The van der Waals surface area contributed by atoms with Crippen LogP contribution in [0.1, 0.15) is 46.5 Å². The highest BCUT2D eigenvalue weighted by Gasteiger charge is 2.42. The number of amides is 1. The number of hydrogen-bond donors (Lipinski definition) is 2. The van der Waals surface area contributed by atoms with Gasteiger partial charge in [-0.1, -0.05) is 6.07 Å². The molecule has 1 amide bonds. The van der Waals surface area contributed by atoms with Gasteiger partial charge in [-0.2, -0.15) is 0 Å². The normalized spacial score (nSPS) is 15.5. The van der Waals surface area contributed by atoms with Crippen molar-refractivity contribution < 1.29 is 27.9 Å². The number of furan rings is 1. The van der Waals surface area contributed by atoms with Gasteiger partial charge in [-0.3, -0.25) is 9.59 Å². The van der Waals surface area contributed by atoms with Gasteiger partial charge >= 0.3 is 5.97 Å². The van der Waals surface area contributed by atoms with Crippen LogP contribution in [-0.4, -0.2) is 17.0 Å². The largest absolute Gasteiger partial charge is 0.481 e. The average Bonchev–Trinajstić information content (AvgIpc) is 2.83. The fraction of sp³-hybridized carbons (Fsp3) is 0.333. The Morgan fingerprint density at radius 3 is 2.60 bits per heavy atom. The number of benzene rings is 1. The lowest BCUT2D eigenvalue weighted by molar-refractivity contribution is -0.136. The van der Waals surface area contributed by atoms with Crippen molar-refractivity contribution in [3.63, 3.8) is 0 Å². The summed E-state index contributed by atoms with van der Waals surface area (Å²) in [6.45, 7) is 1.63. The molecule has 2 aromatic rings. The summed E-state index contributed by atoms with van der Waals surface area (Å²) >= 11 is 0. The third-order valence-electron chi connectivity index (χ3n) is 4.60. The number of carbonyl (C=O) groups is 2. The number of halogens is 2. The van der Waals surface area contributed by atoms with Crippen molar-refractivity contribution in [3.8, 4) is 0 Å². The molecular formula is C18H17F2NO4. The molecule has 3 rings (SSSR count). The molecule has 1 heterocycles. The van der Waals surface area contributed by atoms with Crippen molar-refractivity contribution >= 4 is 11.9 Å². The van der Waals surface area contributed by atoms with Crippen LogP contribution in [0.15, 0.2) is 28.9 Å². The van der Waals surface area contributed by atoms with E-state index in [1.54, 1.807) is 6.92 Å². The van der Waals surface area contributed by atoms with Crippen LogP contribution in [-0.2, 0) is 16.8 Å². The summed E-state index contributed by atoms with van der Waals surface area (Å²) in [5.41, 5.74) is -0.0348. The highest BCUT2D eigenvalue weighted by Crippen LogP contribution is 2.42. The molecule has 1 aromatic heterocycles. The predicted molar refractivity (Wildman–Crippen MR) is 84.1 cm³/mol. The summed E-state index contributed by atoms with van der Waals surface area (Å²) in [5.74, 6) is -2.99. The molecular weight excluding hydrogens is 332 g/mol. The zero-order chi connectivity index (χ0) is 18.2. The molecule has 2 N–H and O–H groups in total. The number of carboxylic acids is 1. The molecule has 0 radical (unpaired) electrons. The molecule has 25 heavy (non-hydrogen) atoms. The summed E-state index contributed by atoms with van der Waals surface area (Å²) in [5, 5.41) is 11.7. The molecule has 1 fully saturated rings. The van der Waals surface area contributed by atoms with Gasteiger partial charge in [-0.05, 0) is 32.3 Å². The van der Waals surface area contributed by atoms with E-state index in [-0.39, 0.29) is 16.9 Å². The van der Waals surface area contributed by atoms with E-state index in [4.69, 9.17) is 9.52 Å². The third-order valence-corrected chi connectivity index (χ3v) is 4.60. The number of carboxylic acid groups (broad SMARTS) is 1. The Bertz CT molecular complexity index is 840. The first-order chi connectivity index (χ1) is 11.8. The van der Waals surface area contributed by atoms with Crippen molar-refractivity contribution in [2.75, 3.05) is 0 Å². The maximum atomic E-state index is 14.2. The second kappa shape index (κ2) is 6.31. The van der Waals surface area contributed by atoms with E-state index in [0.29, 0.717) is 18.4 Å². The maximum Gasteiger partial charge on any atom is 0.311 e. The Balaban J connectivity index is 1.91. The van der Waals surface area contributed by atoms with E-state index in [9.17, 15) is 18.4 Å². The zero-order valence-electron chi connectivity index (χ0n) is 13.6. The SMILES string of the molecule is Cc1coc(CC(=O)O)c1C(=O)NC1(c2ccc(F)cc2F)CCC1. The van der Waals surface area contributed by atoms with Crippen molar-refractivity contribution in [2.45, 2.75) is 38.1 Å². The first-order valence-corrected chi connectivity index (χ1v) is 7.89. The van der Waals surface area contributed by atoms with Gasteiger partial charge < -0.3 is 14.8 Å². The summed E-state index contributed by atoms with van der Waals surface area (Å²) in [6.07, 6.45) is 2.73. The number of aryl methyl sites for hydroxylation is 1. The second-order valence-corrected chi connectivity index (χ2v) is 6.30. The molecule has 5 nitrogen and oxygen atoms in total. The lowest BCUT2D eigenvalue weighted by Crippen LogP contribution is -2.51. The quantitative estimate of drug-likeness (QED) is 0.868. The fourth-order valence-corrected chi connectivity index (χ4v) is 3.22. The average molecular weight is 349 g/mol. The summed E-state index contributed by atoms with van der Waals surface area (Å²) < 4.78 is 32.6. The minimum Gasteiger partial charge on any atom is -0.481 e. The number of aliphatic carboxylic acids is 1. The second-order valence-electron chi connectivity index (χ2n) is 6.30. The van der Waals surface area contributed by atoms with E-state index in [2.05, 4.69) is 5.32 Å². The number of nitrogens with one attached hydrogen (secondary N) is 1. The number of carbonyl (C=O) groups excluding carboxylic acids is 1. The minimum atomic E-state index is -1.12. The molecule has 0 saturated heterocycles. The molecule has 132 valence electrons. The van der Waals surface area contributed by atoms with E-state index in [0.717, 1.165) is 18.6 Å². The molecule has 7 heteroatoms. The predicted octanol–water partition coefficient (Wildman–Crippen LogP) is 3.30. The molecule has 0 aliphatic heterocycles. The highest BCUT2D eigenvalue weighted by atomic mass is 19.1. The van der Waals surface area contributed by atoms with E-state index in [1.807, 2.05) is 0 Å². The van der Waals surface area contributed by atoms with E-state index in [1.165, 1.54) is 12.3 Å². The van der Waals surface area contributed by atoms with Gasteiger partial charge in [0.25, 0.3) is 5.91 Å². The van der Waals surface area contributed by atoms with Crippen LogP contribution in [0.3, 0.4) is 0 Å². The lowest BCUT2D eigenvalue weighted by Gasteiger charge is -2.43. The Hall–Kier alpha value is -2.70. The van der Waals surface area contributed by atoms with Crippen molar-refractivity contribution in [3.05, 3.63) is 58.5 Å². The minimum absolute atomic E-state index is 0.0524. The Kier molecular flexibility index (Phi) is 4.32. The monoisotopic (exact) mass is 349 g/mol. The summed E-state index contributed by atoms with van der Waals surface area (Å²) in [4.78, 5) is 23.7. The molecule has 0 unspecified atom stereocenters. The van der Waals surface area contributed by atoms with Gasteiger partial charge in [-0.25, -0.2) is 8.78 Å². The van der Waals surface area contributed by atoms with Crippen LogP contribution in [0.5, 0.6) is 0 Å². The standard InChI is InChI=1S/C18H17F2NO4/c1-10-9-25-14(8-15(22)23)16(10)17(24)21-18(5-2-6-18)12-4-3-11(19)7-13(12)20/h3-4,7,9H,2,5-6,8H2,1H3,(H,21,24)(H,22,23). The molecule has 0 spiro atoms. The Morgan fingerprint density at radius 2 is 2.04 bits per heavy atom. The Labute approximate surface area is 142 Å². The van der Waals surface area contributed by atoms with Crippen LogP contribution in [0, 0.1) is 18.6 Å². The van der Waals surface area contributed by atoms with Gasteiger partial charge in [0, 0.05) is 17.2 Å². The smallest absolute Gasteiger partial charge is 0.311 e. The zero-order valence-corrected chi connectivity index (χ0v) is 13.6. The maximum absolute atomic E-state index is 14.2. The van der Waals surface area contributed by atoms with Gasteiger partial charge in [0.1, 0.15) is 23.8 Å². The number of hydrogen-bond acceptors (Lipinski definition) is 3. The van der Waals surface area contributed by atoms with Crippen molar-refractivity contribution in [2.24, 2.45) is 0 Å². The third kappa shape index (κ3) is 3.14. The Morgan fingerprint density at radius 1 is 1.32 bits per heavy atom. The van der Waals surface area contributed by atoms with Gasteiger partial charge in [0.05, 0.1) is 17.4 Å². The highest BCUT2D eigenvalue weighted by molar-refractivity contribution is 5.98. The van der Waals surface area contributed by atoms with Gasteiger partial charge in [0.2, 0.25) is 0 Å². The van der Waals surface area contributed by atoms with Crippen LogP contribution >= 0.6 is 0 Å². The summed E-state index contributed by atoms with van der Waals surface area (Å²) in [7, 11) is 0. The van der Waals surface area contributed by atoms with Crippen molar-refractivity contribution in [1.29, 1.82) is 0 Å². The fourth-order valence-electron chi connectivity index (χ4n) is 3.22. The molecule has 1 aromatic carbocycles. The van der Waals surface area contributed by atoms with Crippen LogP contribution < -0.4 is 5.32 Å². The van der Waals surface area contributed by atoms with Crippen molar-refractivity contribution in [1.82, 2.24) is 5.32 Å². The lowest BCUT2D eigenvalue weighted by atomic mass is 9.71. The summed E-state index contributed by atoms with van der Waals surface area (Å²) in [6, 6.07) is 3.29.